The third-order valence-corrected chi connectivity index (χ3v) is 8.94. The smallest absolute Gasteiger partial charge is 0.252 e. The van der Waals surface area contributed by atoms with Gasteiger partial charge in [0.15, 0.2) is 26.5 Å². The van der Waals surface area contributed by atoms with E-state index in [-0.39, 0.29) is 35.1 Å². The van der Waals surface area contributed by atoms with Crippen molar-refractivity contribution in [3.05, 3.63) is 48.0 Å². The van der Waals surface area contributed by atoms with Gasteiger partial charge in [-0.3, -0.25) is 4.79 Å². The molecule has 2 heterocycles. The normalized spacial score (nSPS) is 22.3. The standard InChI is InChI=1S/C23H27N3O5S2/c1-25(2)16-6-8-17(9-7-16)26-18-13-33(28,29)14-21(18)32-23(26)24-22(27)12-15-5-10-19(30-3)20(11-15)31-4/h5-11,18,21H,12-14H2,1-4H3/t18-,21-/m1/s1. The number of benzene rings is 2. The second kappa shape index (κ2) is 9.26. The van der Waals surface area contributed by atoms with Crippen molar-refractivity contribution in [3.8, 4) is 11.5 Å². The van der Waals surface area contributed by atoms with E-state index in [9.17, 15) is 13.2 Å². The number of fused-ring (bicyclic) bond motifs is 1. The summed E-state index contributed by atoms with van der Waals surface area (Å²) < 4.78 is 35.1. The van der Waals surface area contributed by atoms with E-state index in [1.54, 1.807) is 32.4 Å². The number of hydrogen-bond donors (Lipinski definition) is 0. The number of amides is 1. The fourth-order valence-electron chi connectivity index (χ4n) is 4.09. The van der Waals surface area contributed by atoms with Gasteiger partial charge in [0.05, 0.1) is 38.2 Å². The Bertz CT molecular complexity index is 1180. The number of carbonyl (C=O) groups is 1. The highest BCUT2D eigenvalue weighted by atomic mass is 32.2. The molecule has 0 radical (unpaired) electrons. The number of sulfone groups is 1. The van der Waals surface area contributed by atoms with Crippen molar-refractivity contribution in [2.24, 2.45) is 4.99 Å². The van der Waals surface area contributed by atoms with Crippen LogP contribution in [0.5, 0.6) is 11.5 Å². The van der Waals surface area contributed by atoms with E-state index in [1.165, 1.54) is 11.8 Å². The van der Waals surface area contributed by atoms with Gasteiger partial charge in [0.25, 0.3) is 5.91 Å². The molecule has 0 aromatic heterocycles. The number of anilines is 2. The lowest BCUT2D eigenvalue weighted by Gasteiger charge is -2.25. The molecule has 2 fully saturated rings. The van der Waals surface area contributed by atoms with E-state index in [2.05, 4.69) is 4.99 Å². The Morgan fingerprint density at radius 3 is 2.42 bits per heavy atom. The minimum absolute atomic E-state index is 0.0585. The molecule has 176 valence electrons. The average Bonchev–Trinajstić information content (AvgIpc) is 3.24. The van der Waals surface area contributed by atoms with Gasteiger partial charge in [0, 0.05) is 30.7 Å². The van der Waals surface area contributed by atoms with E-state index >= 15 is 0 Å². The SMILES string of the molecule is COc1ccc(CC(=O)N=C2S[C@@H]3CS(=O)(=O)C[C@H]3N2c2ccc(N(C)C)cc2)cc1OC. The fourth-order valence-corrected chi connectivity index (χ4v) is 8.02. The highest BCUT2D eigenvalue weighted by Crippen LogP contribution is 2.41. The summed E-state index contributed by atoms with van der Waals surface area (Å²) in [5.41, 5.74) is 2.62. The third kappa shape index (κ3) is 4.96. The molecule has 2 aromatic carbocycles. The molecule has 2 aliphatic rings. The summed E-state index contributed by atoms with van der Waals surface area (Å²) in [6.45, 7) is 0. The lowest BCUT2D eigenvalue weighted by molar-refractivity contribution is -0.117. The Labute approximate surface area is 198 Å². The first kappa shape index (κ1) is 23.4. The van der Waals surface area contributed by atoms with E-state index in [4.69, 9.17) is 9.47 Å². The molecule has 0 bridgehead atoms. The van der Waals surface area contributed by atoms with Gasteiger partial charge in [-0.15, -0.1) is 0 Å². The Morgan fingerprint density at radius 1 is 1.09 bits per heavy atom. The quantitative estimate of drug-likeness (QED) is 0.612. The monoisotopic (exact) mass is 489 g/mol. The van der Waals surface area contributed by atoms with E-state index < -0.39 is 9.84 Å². The molecule has 4 rings (SSSR count). The molecule has 0 aliphatic carbocycles. The Morgan fingerprint density at radius 2 is 1.79 bits per heavy atom. The van der Waals surface area contributed by atoms with Gasteiger partial charge < -0.3 is 19.3 Å². The summed E-state index contributed by atoms with van der Waals surface area (Å²) in [6.07, 6.45) is 0.103. The predicted octanol–water partition coefficient (Wildman–Crippen LogP) is 2.61. The molecule has 2 aliphatic heterocycles. The number of thioether (sulfide) groups is 1. The van der Waals surface area contributed by atoms with Gasteiger partial charge in [0.2, 0.25) is 0 Å². The van der Waals surface area contributed by atoms with E-state index in [1.807, 2.05) is 48.2 Å². The van der Waals surface area contributed by atoms with Crippen LogP contribution in [0.4, 0.5) is 11.4 Å². The third-order valence-electron chi connectivity index (χ3n) is 5.73. The zero-order chi connectivity index (χ0) is 23.8. The van der Waals surface area contributed by atoms with Crippen molar-refractivity contribution in [2.45, 2.75) is 17.7 Å². The number of rotatable bonds is 6. The molecule has 2 aromatic rings. The minimum Gasteiger partial charge on any atom is -0.493 e. The van der Waals surface area contributed by atoms with Crippen LogP contribution in [0, 0.1) is 0 Å². The zero-order valence-corrected chi connectivity index (χ0v) is 20.6. The highest BCUT2D eigenvalue weighted by molar-refractivity contribution is 8.16. The highest BCUT2D eigenvalue weighted by Gasteiger charge is 2.49. The van der Waals surface area contributed by atoms with Crippen LogP contribution in [0.3, 0.4) is 0 Å². The molecule has 2 saturated heterocycles. The second-order valence-corrected chi connectivity index (χ2v) is 11.6. The van der Waals surface area contributed by atoms with Gasteiger partial charge >= 0.3 is 0 Å². The number of amidine groups is 1. The van der Waals surface area contributed by atoms with Crippen molar-refractivity contribution < 1.29 is 22.7 Å². The largest absolute Gasteiger partial charge is 0.493 e. The summed E-state index contributed by atoms with van der Waals surface area (Å²) in [6, 6.07) is 12.9. The van der Waals surface area contributed by atoms with Crippen LogP contribution in [0.25, 0.3) is 0 Å². The summed E-state index contributed by atoms with van der Waals surface area (Å²) in [5, 5.41) is 0.402. The maximum Gasteiger partial charge on any atom is 0.252 e. The van der Waals surface area contributed by atoms with Crippen LogP contribution in [0.2, 0.25) is 0 Å². The predicted molar refractivity (Wildman–Crippen MR) is 133 cm³/mol. The first-order valence-corrected chi connectivity index (χ1v) is 13.2. The maximum atomic E-state index is 12.9. The van der Waals surface area contributed by atoms with Gasteiger partial charge in [-0.1, -0.05) is 17.8 Å². The average molecular weight is 490 g/mol. The first-order chi connectivity index (χ1) is 15.7. The van der Waals surface area contributed by atoms with Gasteiger partial charge in [0.1, 0.15) is 0 Å². The van der Waals surface area contributed by atoms with Crippen molar-refractivity contribution in [3.63, 3.8) is 0 Å². The molecular weight excluding hydrogens is 462 g/mol. The van der Waals surface area contributed by atoms with E-state index in [0.29, 0.717) is 16.7 Å². The molecule has 1 amide bonds. The molecule has 0 spiro atoms. The molecule has 8 nitrogen and oxygen atoms in total. The lowest BCUT2D eigenvalue weighted by atomic mass is 10.1. The maximum absolute atomic E-state index is 12.9. The first-order valence-electron chi connectivity index (χ1n) is 10.5. The van der Waals surface area contributed by atoms with Crippen LogP contribution in [-0.2, 0) is 21.1 Å². The summed E-state index contributed by atoms with van der Waals surface area (Å²) in [5.74, 6) is 0.990. The lowest BCUT2D eigenvalue weighted by Crippen LogP contribution is -2.37. The van der Waals surface area contributed by atoms with Crippen LogP contribution in [0.1, 0.15) is 5.56 Å². The summed E-state index contributed by atoms with van der Waals surface area (Å²) in [4.78, 5) is 21.2. The Hall–Kier alpha value is -2.72. The van der Waals surface area contributed by atoms with E-state index in [0.717, 1.165) is 16.9 Å². The van der Waals surface area contributed by atoms with Gasteiger partial charge in [-0.25, -0.2) is 8.42 Å². The fraction of sp³-hybridized carbons (Fsp3) is 0.391. The molecule has 10 heteroatoms. The Kier molecular flexibility index (Phi) is 6.58. The Balaban J connectivity index is 1.61. The number of aliphatic imine (C=N–C) groups is 1. The molecule has 2 atom stereocenters. The van der Waals surface area contributed by atoms with Crippen molar-refractivity contribution >= 4 is 44.0 Å². The van der Waals surface area contributed by atoms with Crippen LogP contribution in [-0.4, -0.2) is 70.6 Å². The molecule has 0 unspecified atom stereocenters. The molecular formula is C23H27N3O5S2. The van der Waals surface area contributed by atoms with Crippen molar-refractivity contribution in [2.75, 3.05) is 49.6 Å². The van der Waals surface area contributed by atoms with Crippen molar-refractivity contribution in [1.29, 1.82) is 0 Å². The van der Waals surface area contributed by atoms with Crippen molar-refractivity contribution in [1.82, 2.24) is 0 Å². The molecule has 0 saturated carbocycles. The number of methoxy groups -OCH3 is 2. The summed E-state index contributed by atoms with van der Waals surface area (Å²) >= 11 is 1.37. The van der Waals surface area contributed by atoms with Crippen LogP contribution < -0.4 is 19.3 Å². The molecule has 33 heavy (non-hydrogen) atoms. The number of ether oxygens (including phenoxy) is 2. The number of nitrogens with zero attached hydrogens (tertiary/aromatic N) is 3. The summed E-state index contributed by atoms with van der Waals surface area (Å²) in [7, 11) is 3.90. The zero-order valence-electron chi connectivity index (χ0n) is 19.0. The van der Waals surface area contributed by atoms with Crippen LogP contribution >= 0.6 is 11.8 Å². The van der Waals surface area contributed by atoms with Gasteiger partial charge in [-0.2, -0.15) is 4.99 Å². The molecule has 0 N–H and O–H groups in total. The van der Waals surface area contributed by atoms with Crippen LogP contribution in [0.15, 0.2) is 47.5 Å². The topological polar surface area (TPSA) is 88.5 Å². The number of hydrogen-bond acceptors (Lipinski definition) is 7. The minimum atomic E-state index is -3.12. The second-order valence-electron chi connectivity index (χ2n) is 8.24. The number of carbonyl (C=O) groups excluding carboxylic acids is 1. The van der Waals surface area contributed by atoms with Gasteiger partial charge in [-0.05, 0) is 42.0 Å².